The smallest absolute Gasteiger partial charge is 0.238 e. The molecule has 1 aliphatic carbocycles. The van der Waals surface area contributed by atoms with Crippen LogP contribution >= 0.6 is 12.2 Å². The fraction of sp³-hybridized carbons (Fsp3) is 0.211. The third-order valence-corrected chi connectivity index (χ3v) is 6.09. The molecule has 2 aromatic carbocycles. The molecule has 132 valence electrons. The summed E-state index contributed by atoms with van der Waals surface area (Å²) < 4.78 is 23.4. The first-order valence-electron chi connectivity index (χ1n) is 8.25. The third-order valence-electron chi connectivity index (χ3n) is 5.09. The predicted molar refractivity (Wildman–Crippen MR) is 105 cm³/mol. The number of allylic oxidation sites excluding steroid dienone is 2. The SMILES string of the molecule is NS(=O)(=O)c1ccc2c(c1)[C@H]1C=CC[C@H]1[C@@H](c1ccc(N=C=S)cc1)N2. The van der Waals surface area contributed by atoms with E-state index in [-0.39, 0.29) is 16.9 Å². The Bertz CT molecular complexity index is 1040. The lowest BCUT2D eigenvalue weighted by molar-refractivity contribution is 0.425. The highest BCUT2D eigenvalue weighted by Crippen LogP contribution is 2.50. The first kappa shape index (κ1) is 17.1. The molecule has 0 spiro atoms. The van der Waals surface area contributed by atoms with Crippen LogP contribution in [0.4, 0.5) is 11.4 Å². The lowest BCUT2D eigenvalue weighted by Crippen LogP contribution is -2.29. The van der Waals surface area contributed by atoms with Crippen LogP contribution in [0, 0.1) is 5.92 Å². The molecule has 0 saturated carbocycles. The summed E-state index contributed by atoms with van der Waals surface area (Å²) in [6, 6.07) is 13.1. The maximum atomic E-state index is 11.7. The maximum absolute atomic E-state index is 11.7. The highest BCUT2D eigenvalue weighted by Gasteiger charge is 2.38. The maximum Gasteiger partial charge on any atom is 0.238 e. The zero-order valence-corrected chi connectivity index (χ0v) is 15.4. The van der Waals surface area contributed by atoms with Crippen molar-refractivity contribution in [2.75, 3.05) is 5.32 Å². The van der Waals surface area contributed by atoms with Gasteiger partial charge in [0, 0.05) is 11.6 Å². The molecule has 4 rings (SSSR count). The number of aliphatic imine (C=N–C) groups is 1. The number of isothiocyanates is 1. The van der Waals surface area contributed by atoms with Gasteiger partial charge in [-0.3, -0.25) is 0 Å². The van der Waals surface area contributed by atoms with Crippen LogP contribution in [0.15, 0.2) is 64.5 Å². The van der Waals surface area contributed by atoms with Gasteiger partial charge in [0.2, 0.25) is 10.0 Å². The summed E-state index contributed by atoms with van der Waals surface area (Å²) in [5.74, 6) is 0.481. The number of hydrogen-bond acceptors (Lipinski definition) is 5. The van der Waals surface area contributed by atoms with Gasteiger partial charge in [-0.1, -0.05) is 24.3 Å². The summed E-state index contributed by atoms with van der Waals surface area (Å²) in [5, 5.41) is 11.2. The average Bonchev–Trinajstić information content (AvgIpc) is 3.11. The van der Waals surface area contributed by atoms with Gasteiger partial charge in [-0.25, -0.2) is 13.6 Å². The molecule has 0 bridgehead atoms. The molecule has 0 unspecified atom stereocenters. The van der Waals surface area contributed by atoms with E-state index in [4.69, 9.17) is 5.14 Å². The fourth-order valence-corrected chi connectivity index (χ4v) is 4.54. The number of nitrogens with zero attached hydrogens (tertiary/aromatic N) is 1. The van der Waals surface area contributed by atoms with E-state index in [2.05, 4.69) is 39.8 Å². The van der Waals surface area contributed by atoms with E-state index in [0.717, 1.165) is 28.9 Å². The van der Waals surface area contributed by atoms with Gasteiger partial charge in [0.25, 0.3) is 0 Å². The highest BCUT2D eigenvalue weighted by molar-refractivity contribution is 7.89. The molecule has 0 radical (unpaired) electrons. The van der Waals surface area contributed by atoms with E-state index in [1.165, 1.54) is 0 Å². The second-order valence-corrected chi connectivity index (χ2v) is 8.31. The second kappa shape index (κ2) is 6.45. The molecule has 5 nitrogen and oxygen atoms in total. The van der Waals surface area contributed by atoms with E-state index >= 15 is 0 Å². The summed E-state index contributed by atoms with van der Waals surface area (Å²) in [4.78, 5) is 4.14. The van der Waals surface area contributed by atoms with Crippen LogP contribution in [0.25, 0.3) is 0 Å². The quantitative estimate of drug-likeness (QED) is 0.478. The van der Waals surface area contributed by atoms with Crippen LogP contribution in [0.3, 0.4) is 0 Å². The van der Waals surface area contributed by atoms with Crippen molar-refractivity contribution in [3.63, 3.8) is 0 Å². The van der Waals surface area contributed by atoms with Gasteiger partial charge in [-0.05, 0) is 66.0 Å². The number of nitrogens with two attached hydrogens (primary N) is 1. The Kier molecular flexibility index (Phi) is 4.25. The third kappa shape index (κ3) is 2.99. The highest BCUT2D eigenvalue weighted by atomic mass is 32.2. The van der Waals surface area contributed by atoms with Crippen LogP contribution in [0.1, 0.15) is 29.5 Å². The van der Waals surface area contributed by atoms with Gasteiger partial charge in [-0.2, -0.15) is 4.99 Å². The summed E-state index contributed by atoms with van der Waals surface area (Å²) in [7, 11) is -3.72. The number of primary sulfonamides is 1. The molecular weight excluding hydrogens is 366 g/mol. The fourth-order valence-electron chi connectivity index (χ4n) is 3.89. The first-order valence-corrected chi connectivity index (χ1v) is 10.2. The summed E-state index contributed by atoms with van der Waals surface area (Å²) in [5.41, 5.74) is 3.86. The Morgan fingerprint density at radius 1 is 1.19 bits per heavy atom. The minimum Gasteiger partial charge on any atom is -0.378 e. The van der Waals surface area contributed by atoms with Crippen LogP contribution in [0.5, 0.6) is 0 Å². The minimum absolute atomic E-state index is 0.133. The Hall–Kier alpha value is -2.31. The van der Waals surface area contributed by atoms with Crippen LogP contribution in [-0.4, -0.2) is 13.6 Å². The standard InChI is InChI=1S/C19H17N3O2S2/c20-26(23,24)14-8-9-18-17(10-14)15-2-1-3-16(15)19(22-18)12-4-6-13(7-5-12)21-11-25/h1-2,4-10,15-16,19,22H,3H2,(H2,20,23,24)/t15-,16+,19+/m0/s1. The zero-order valence-electron chi connectivity index (χ0n) is 13.8. The number of thiocarbonyl (C=S) groups is 1. The van der Waals surface area contributed by atoms with Crippen molar-refractivity contribution in [2.24, 2.45) is 16.0 Å². The Labute approximate surface area is 157 Å². The van der Waals surface area contributed by atoms with Crippen molar-refractivity contribution < 1.29 is 8.42 Å². The van der Waals surface area contributed by atoms with Crippen molar-refractivity contribution in [2.45, 2.75) is 23.3 Å². The van der Waals surface area contributed by atoms with Crippen molar-refractivity contribution in [1.82, 2.24) is 0 Å². The first-order chi connectivity index (χ1) is 12.5. The Balaban J connectivity index is 1.74. The summed E-state index contributed by atoms with van der Waals surface area (Å²) >= 11 is 4.64. The van der Waals surface area contributed by atoms with Crippen LogP contribution < -0.4 is 10.5 Å². The molecule has 7 heteroatoms. The average molecular weight is 383 g/mol. The Morgan fingerprint density at radius 3 is 2.65 bits per heavy atom. The molecule has 0 saturated heterocycles. The zero-order chi connectivity index (χ0) is 18.3. The van der Waals surface area contributed by atoms with Crippen LogP contribution in [-0.2, 0) is 10.0 Å². The lowest BCUT2D eigenvalue weighted by Gasteiger charge is -2.37. The molecular formula is C19H17N3O2S2. The van der Waals surface area contributed by atoms with Gasteiger partial charge in [-0.15, -0.1) is 0 Å². The Morgan fingerprint density at radius 2 is 1.96 bits per heavy atom. The van der Waals surface area contributed by atoms with Gasteiger partial charge >= 0.3 is 0 Å². The largest absolute Gasteiger partial charge is 0.378 e. The summed E-state index contributed by atoms with van der Waals surface area (Å²) in [6.07, 6.45) is 5.25. The molecule has 2 aromatic rings. The van der Waals surface area contributed by atoms with Gasteiger partial charge in [0.15, 0.2) is 0 Å². The molecule has 3 N–H and O–H groups in total. The molecule has 26 heavy (non-hydrogen) atoms. The lowest BCUT2D eigenvalue weighted by atomic mass is 9.77. The molecule has 1 aliphatic heterocycles. The number of nitrogens with one attached hydrogen (secondary N) is 1. The molecule has 0 fully saturated rings. The molecule has 3 atom stereocenters. The van der Waals surface area contributed by atoms with Crippen molar-refractivity contribution in [1.29, 1.82) is 0 Å². The van der Waals surface area contributed by atoms with Crippen LogP contribution in [0.2, 0.25) is 0 Å². The number of fused-ring (bicyclic) bond motifs is 3. The minimum atomic E-state index is -3.72. The molecule has 1 heterocycles. The number of hydrogen-bond donors (Lipinski definition) is 2. The monoisotopic (exact) mass is 383 g/mol. The number of rotatable bonds is 3. The number of anilines is 1. The number of sulfonamides is 1. The van der Waals surface area contributed by atoms with Gasteiger partial charge in [0.1, 0.15) is 0 Å². The van der Waals surface area contributed by atoms with Crippen molar-refractivity contribution in [3.8, 4) is 0 Å². The van der Waals surface area contributed by atoms with Gasteiger partial charge < -0.3 is 5.32 Å². The van der Waals surface area contributed by atoms with E-state index in [1.807, 2.05) is 24.3 Å². The molecule has 0 amide bonds. The summed E-state index contributed by atoms with van der Waals surface area (Å²) in [6.45, 7) is 0. The van der Waals surface area contributed by atoms with E-state index in [1.54, 1.807) is 18.2 Å². The van der Waals surface area contributed by atoms with E-state index in [0.29, 0.717) is 5.92 Å². The predicted octanol–water partition coefficient (Wildman–Crippen LogP) is 3.89. The normalized spacial score (nSPS) is 23.5. The molecule has 0 aromatic heterocycles. The van der Waals surface area contributed by atoms with Crippen molar-refractivity contribution >= 4 is 38.8 Å². The van der Waals surface area contributed by atoms with E-state index < -0.39 is 10.0 Å². The van der Waals surface area contributed by atoms with Crippen molar-refractivity contribution in [3.05, 3.63) is 65.7 Å². The van der Waals surface area contributed by atoms with Gasteiger partial charge in [0.05, 0.1) is 21.8 Å². The van der Waals surface area contributed by atoms with E-state index in [9.17, 15) is 8.42 Å². The topological polar surface area (TPSA) is 84.6 Å². The number of benzene rings is 2. The second-order valence-electron chi connectivity index (χ2n) is 6.56. The molecule has 2 aliphatic rings.